The number of carbonyl (C=O) groups is 2. The van der Waals surface area contributed by atoms with Crippen LogP contribution in [-0.2, 0) is 0 Å². The van der Waals surface area contributed by atoms with E-state index in [2.05, 4.69) is 20.8 Å². The summed E-state index contributed by atoms with van der Waals surface area (Å²) in [4.78, 5) is 28.4. The van der Waals surface area contributed by atoms with E-state index in [-0.39, 0.29) is 30.8 Å². The fraction of sp³-hybridized carbons (Fsp3) is 0.474. The summed E-state index contributed by atoms with van der Waals surface area (Å²) in [6.07, 6.45) is 5.64. The van der Waals surface area contributed by atoms with Crippen LogP contribution in [0.1, 0.15) is 64.9 Å². The zero-order valence-corrected chi connectivity index (χ0v) is 15.4. The van der Waals surface area contributed by atoms with Crippen LogP contribution in [0.2, 0.25) is 0 Å². The quantitative estimate of drug-likeness (QED) is 0.722. The van der Waals surface area contributed by atoms with Crippen molar-refractivity contribution in [2.24, 2.45) is 0 Å². The molecule has 0 saturated heterocycles. The predicted octanol–water partition coefficient (Wildman–Crippen LogP) is 2.29. The van der Waals surface area contributed by atoms with Crippen LogP contribution < -0.4 is 15.4 Å². The van der Waals surface area contributed by atoms with E-state index in [1.165, 1.54) is 6.42 Å². The van der Waals surface area contributed by atoms with E-state index >= 15 is 0 Å². The van der Waals surface area contributed by atoms with Crippen molar-refractivity contribution in [1.82, 2.24) is 20.8 Å². The molecule has 1 aliphatic carbocycles. The molecule has 2 amide bonds. The summed E-state index contributed by atoms with van der Waals surface area (Å²) < 4.78 is 10.2. The van der Waals surface area contributed by atoms with E-state index < -0.39 is 5.91 Å². The van der Waals surface area contributed by atoms with Crippen molar-refractivity contribution < 1.29 is 18.8 Å². The van der Waals surface area contributed by atoms with Crippen molar-refractivity contribution >= 4 is 11.8 Å². The van der Waals surface area contributed by atoms with E-state index in [9.17, 15) is 9.59 Å². The highest BCUT2D eigenvalue weighted by Crippen LogP contribution is 2.30. The molecule has 2 aromatic rings. The van der Waals surface area contributed by atoms with Crippen molar-refractivity contribution in [1.29, 1.82) is 0 Å². The third-order valence-electron chi connectivity index (χ3n) is 4.63. The van der Waals surface area contributed by atoms with Gasteiger partial charge in [0.15, 0.2) is 5.82 Å². The molecular weight excluding hydrogens is 348 g/mol. The van der Waals surface area contributed by atoms with Gasteiger partial charge in [0, 0.05) is 24.6 Å². The van der Waals surface area contributed by atoms with Crippen molar-refractivity contribution in [3.63, 3.8) is 0 Å². The van der Waals surface area contributed by atoms with E-state index in [0.717, 1.165) is 25.7 Å². The lowest BCUT2D eigenvalue weighted by Crippen LogP contribution is -2.34. The Morgan fingerprint density at radius 2 is 1.89 bits per heavy atom. The molecule has 0 radical (unpaired) electrons. The van der Waals surface area contributed by atoms with Crippen LogP contribution in [0.25, 0.3) is 0 Å². The van der Waals surface area contributed by atoms with Crippen LogP contribution >= 0.6 is 0 Å². The summed E-state index contributed by atoms with van der Waals surface area (Å²) in [5, 5.41) is 9.35. The minimum Gasteiger partial charge on any atom is -0.497 e. The summed E-state index contributed by atoms with van der Waals surface area (Å²) in [5.41, 5.74) is 0.495. The predicted molar refractivity (Wildman–Crippen MR) is 97.8 cm³/mol. The first-order valence-electron chi connectivity index (χ1n) is 9.21. The first-order valence-corrected chi connectivity index (χ1v) is 9.21. The largest absolute Gasteiger partial charge is 0.497 e. The molecule has 0 aliphatic heterocycles. The lowest BCUT2D eigenvalue weighted by Gasteiger charge is -2.17. The van der Waals surface area contributed by atoms with Gasteiger partial charge in [-0.05, 0) is 31.0 Å². The Balaban J connectivity index is 1.43. The second kappa shape index (κ2) is 9.16. The topological polar surface area (TPSA) is 106 Å². The molecule has 3 rings (SSSR count). The van der Waals surface area contributed by atoms with Crippen LogP contribution in [-0.4, -0.2) is 42.2 Å². The summed E-state index contributed by atoms with van der Waals surface area (Å²) in [6.45, 7) is 0.543. The first-order chi connectivity index (χ1) is 13.2. The van der Waals surface area contributed by atoms with Gasteiger partial charge in [-0.1, -0.05) is 30.5 Å². The molecule has 0 unspecified atom stereocenters. The molecule has 1 heterocycles. The van der Waals surface area contributed by atoms with Gasteiger partial charge in [-0.2, -0.15) is 4.98 Å². The van der Waals surface area contributed by atoms with E-state index in [1.807, 2.05) is 0 Å². The number of amides is 2. The third-order valence-corrected chi connectivity index (χ3v) is 4.63. The molecule has 1 fully saturated rings. The summed E-state index contributed by atoms with van der Waals surface area (Å²) in [6, 6.07) is 6.86. The van der Waals surface area contributed by atoms with Crippen LogP contribution in [0.5, 0.6) is 5.75 Å². The van der Waals surface area contributed by atoms with E-state index in [4.69, 9.17) is 9.26 Å². The van der Waals surface area contributed by atoms with E-state index in [1.54, 1.807) is 31.4 Å². The van der Waals surface area contributed by atoms with Crippen LogP contribution in [0, 0.1) is 0 Å². The SMILES string of the molecule is COc1cccc(C(=O)NCCNC(=O)c2nc(C3CCCCC3)no2)c1. The van der Waals surface area contributed by atoms with Crippen molar-refractivity contribution in [2.45, 2.75) is 38.0 Å². The van der Waals surface area contributed by atoms with Gasteiger partial charge in [0.25, 0.3) is 5.91 Å². The standard InChI is InChI=1S/C19H24N4O4/c1-26-15-9-5-8-14(12-15)17(24)20-10-11-21-18(25)19-22-16(23-27-19)13-6-3-2-4-7-13/h5,8-9,12-13H,2-4,6-7,10-11H2,1H3,(H,20,24)(H,21,25). The minimum atomic E-state index is -0.430. The molecule has 144 valence electrons. The third kappa shape index (κ3) is 5.06. The summed E-state index contributed by atoms with van der Waals surface area (Å²) in [7, 11) is 1.55. The Morgan fingerprint density at radius 3 is 2.63 bits per heavy atom. The highest BCUT2D eigenvalue weighted by Gasteiger charge is 2.23. The molecule has 8 nitrogen and oxygen atoms in total. The Labute approximate surface area is 157 Å². The maximum Gasteiger partial charge on any atom is 0.315 e. The number of ether oxygens (including phenoxy) is 1. The van der Waals surface area contributed by atoms with Gasteiger partial charge >= 0.3 is 11.8 Å². The maximum atomic E-state index is 12.1. The Hall–Kier alpha value is -2.90. The van der Waals surface area contributed by atoms with Gasteiger partial charge in [-0.3, -0.25) is 9.59 Å². The molecule has 2 N–H and O–H groups in total. The van der Waals surface area contributed by atoms with Gasteiger partial charge in [-0.15, -0.1) is 0 Å². The molecule has 0 spiro atoms. The van der Waals surface area contributed by atoms with Gasteiger partial charge in [0.2, 0.25) is 0 Å². The number of benzene rings is 1. The average molecular weight is 372 g/mol. The molecule has 8 heteroatoms. The summed E-state index contributed by atoms with van der Waals surface area (Å²) in [5.74, 6) is 0.814. The van der Waals surface area contributed by atoms with Crippen molar-refractivity contribution in [3.05, 3.63) is 41.5 Å². The normalized spacial score (nSPS) is 14.6. The number of aromatic nitrogens is 2. The Morgan fingerprint density at radius 1 is 1.15 bits per heavy atom. The van der Waals surface area contributed by atoms with Gasteiger partial charge in [0.1, 0.15) is 5.75 Å². The van der Waals surface area contributed by atoms with Crippen LogP contribution in [0.15, 0.2) is 28.8 Å². The zero-order chi connectivity index (χ0) is 19.1. The van der Waals surface area contributed by atoms with Crippen LogP contribution in [0.4, 0.5) is 0 Å². The lowest BCUT2D eigenvalue weighted by molar-refractivity contribution is 0.0898. The summed E-state index contributed by atoms with van der Waals surface area (Å²) >= 11 is 0. The molecule has 1 saturated carbocycles. The molecule has 1 aromatic carbocycles. The Bertz CT molecular complexity index is 784. The smallest absolute Gasteiger partial charge is 0.315 e. The Kier molecular flexibility index (Phi) is 6.40. The van der Waals surface area contributed by atoms with Gasteiger partial charge in [-0.25, -0.2) is 0 Å². The lowest BCUT2D eigenvalue weighted by atomic mass is 9.89. The number of hydrogen-bond donors (Lipinski definition) is 2. The number of methoxy groups -OCH3 is 1. The average Bonchev–Trinajstić information content (AvgIpc) is 3.22. The zero-order valence-electron chi connectivity index (χ0n) is 15.4. The maximum absolute atomic E-state index is 12.1. The molecule has 1 aliphatic rings. The second-order valence-corrected chi connectivity index (χ2v) is 6.54. The number of hydrogen-bond acceptors (Lipinski definition) is 6. The molecule has 0 atom stereocenters. The van der Waals surface area contributed by atoms with Gasteiger partial charge < -0.3 is 19.9 Å². The first kappa shape index (κ1) is 18.9. The van der Waals surface area contributed by atoms with Crippen molar-refractivity contribution in [2.75, 3.05) is 20.2 Å². The van der Waals surface area contributed by atoms with Crippen molar-refractivity contribution in [3.8, 4) is 5.75 Å². The number of rotatable bonds is 7. The number of nitrogens with one attached hydrogen (secondary N) is 2. The van der Waals surface area contributed by atoms with E-state index in [0.29, 0.717) is 17.1 Å². The van der Waals surface area contributed by atoms with Gasteiger partial charge in [0.05, 0.1) is 7.11 Å². The second-order valence-electron chi connectivity index (χ2n) is 6.54. The number of nitrogens with zero attached hydrogens (tertiary/aromatic N) is 2. The molecule has 1 aromatic heterocycles. The molecular formula is C19H24N4O4. The minimum absolute atomic E-state index is 0.0327. The molecule has 27 heavy (non-hydrogen) atoms. The molecule has 0 bridgehead atoms. The number of carbonyl (C=O) groups excluding carboxylic acids is 2. The highest BCUT2D eigenvalue weighted by molar-refractivity contribution is 5.94. The fourth-order valence-corrected chi connectivity index (χ4v) is 3.15. The monoisotopic (exact) mass is 372 g/mol. The van der Waals surface area contributed by atoms with Crippen LogP contribution in [0.3, 0.4) is 0 Å². The fourth-order valence-electron chi connectivity index (χ4n) is 3.15. The highest BCUT2D eigenvalue weighted by atomic mass is 16.5.